The van der Waals surface area contributed by atoms with E-state index in [9.17, 15) is 9.59 Å². The Labute approximate surface area is 131 Å². The molecule has 1 amide bonds. The molecule has 2 N–H and O–H groups in total. The maximum Gasteiger partial charge on any atom is 0.410 e. The third kappa shape index (κ3) is 4.22. The molecule has 0 saturated carbocycles. The van der Waals surface area contributed by atoms with Gasteiger partial charge < -0.3 is 14.8 Å². The van der Waals surface area contributed by atoms with Gasteiger partial charge in [-0.2, -0.15) is 0 Å². The van der Waals surface area contributed by atoms with Crippen LogP contribution in [0.1, 0.15) is 40.5 Å². The Morgan fingerprint density at radius 1 is 1.41 bits per heavy atom. The van der Waals surface area contributed by atoms with Crippen molar-refractivity contribution in [2.75, 3.05) is 13.7 Å². The molecule has 0 aliphatic carbocycles. The van der Waals surface area contributed by atoms with Crippen LogP contribution >= 0.6 is 0 Å². The van der Waals surface area contributed by atoms with Gasteiger partial charge in [-0.05, 0) is 12.5 Å². The molecule has 1 heterocycles. The normalized spacial score (nSPS) is 20.7. The second-order valence-corrected chi connectivity index (χ2v) is 6.04. The van der Waals surface area contributed by atoms with E-state index in [2.05, 4.69) is 20.4 Å². The quantitative estimate of drug-likeness (QED) is 0.598. The molecule has 1 aliphatic heterocycles. The molecule has 1 unspecified atom stereocenters. The standard InChI is InChI=1S/C15H25N3O4/c1-6-7-10-22-13(20)18-15(14(2,3)4)16-9-8-11(17-15)12(19)21-5/h8-9,16H,6-7,10H2,1-5H3,(H,18,20). The van der Waals surface area contributed by atoms with Crippen molar-refractivity contribution in [3.05, 3.63) is 12.3 Å². The average Bonchev–Trinajstić information content (AvgIpc) is 2.45. The number of amides is 1. The van der Waals surface area contributed by atoms with Crippen LogP contribution in [0.25, 0.3) is 0 Å². The van der Waals surface area contributed by atoms with Gasteiger partial charge in [-0.15, -0.1) is 0 Å². The van der Waals surface area contributed by atoms with E-state index in [4.69, 9.17) is 4.74 Å². The van der Waals surface area contributed by atoms with Gasteiger partial charge in [0.15, 0.2) is 0 Å². The Kier molecular flexibility index (Phi) is 5.96. The van der Waals surface area contributed by atoms with E-state index in [0.717, 1.165) is 12.8 Å². The Morgan fingerprint density at radius 3 is 2.64 bits per heavy atom. The predicted molar refractivity (Wildman–Crippen MR) is 83.3 cm³/mol. The summed E-state index contributed by atoms with van der Waals surface area (Å²) < 4.78 is 9.82. The van der Waals surface area contributed by atoms with Gasteiger partial charge in [0, 0.05) is 11.6 Å². The zero-order valence-corrected chi connectivity index (χ0v) is 13.9. The van der Waals surface area contributed by atoms with E-state index in [0.29, 0.717) is 6.61 Å². The minimum absolute atomic E-state index is 0.130. The molecule has 0 radical (unpaired) electrons. The van der Waals surface area contributed by atoms with Gasteiger partial charge in [0.1, 0.15) is 5.71 Å². The molecular weight excluding hydrogens is 286 g/mol. The highest BCUT2D eigenvalue weighted by atomic mass is 16.5. The summed E-state index contributed by atoms with van der Waals surface area (Å²) in [6, 6.07) is 0. The summed E-state index contributed by atoms with van der Waals surface area (Å²) in [5, 5.41) is 5.74. The number of hydrogen-bond donors (Lipinski definition) is 2. The molecule has 1 atom stereocenters. The van der Waals surface area contributed by atoms with Crippen LogP contribution in [0.5, 0.6) is 0 Å². The molecule has 0 spiro atoms. The molecule has 0 saturated heterocycles. The number of esters is 1. The van der Waals surface area contributed by atoms with Crippen LogP contribution in [0.3, 0.4) is 0 Å². The Bertz CT molecular complexity index is 480. The number of ether oxygens (including phenoxy) is 2. The van der Waals surface area contributed by atoms with Crippen molar-refractivity contribution in [1.82, 2.24) is 10.6 Å². The van der Waals surface area contributed by atoms with E-state index < -0.39 is 23.3 Å². The van der Waals surface area contributed by atoms with E-state index in [1.54, 1.807) is 6.20 Å². The largest absolute Gasteiger partial charge is 0.464 e. The SMILES string of the molecule is CCCCOC(=O)NC1(C(C)(C)C)N=C(C(=O)OC)C=CN1. The van der Waals surface area contributed by atoms with Crippen LogP contribution in [0.15, 0.2) is 17.3 Å². The Balaban J connectivity index is 2.98. The van der Waals surface area contributed by atoms with Crippen molar-refractivity contribution in [3.8, 4) is 0 Å². The molecule has 0 fully saturated rings. The smallest absolute Gasteiger partial charge is 0.410 e. The summed E-state index contributed by atoms with van der Waals surface area (Å²) in [7, 11) is 1.28. The van der Waals surface area contributed by atoms with Crippen LogP contribution in [0.2, 0.25) is 0 Å². The monoisotopic (exact) mass is 311 g/mol. The van der Waals surface area contributed by atoms with Gasteiger partial charge in [-0.1, -0.05) is 34.1 Å². The molecular formula is C15H25N3O4. The first-order valence-electron chi connectivity index (χ1n) is 7.33. The van der Waals surface area contributed by atoms with E-state index in [-0.39, 0.29) is 5.71 Å². The highest BCUT2D eigenvalue weighted by Gasteiger charge is 2.45. The van der Waals surface area contributed by atoms with E-state index in [1.807, 2.05) is 27.7 Å². The summed E-state index contributed by atoms with van der Waals surface area (Å²) in [6.45, 7) is 8.03. The fourth-order valence-electron chi connectivity index (χ4n) is 1.84. The molecule has 22 heavy (non-hydrogen) atoms. The van der Waals surface area contributed by atoms with Crippen LogP contribution in [-0.4, -0.2) is 37.3 Å². The minimum Gasteiger partial charge on any atom is -0.464 e. The number of carbonyl (C=O) groups excluding carboxylic acids is 2. The summed E-state index contributed by atoms with van der Waals surface area (Å²) in [6.07, 6.45) is 4.21. The first-order chi connectivity index (χ1) is 10.3. The number of carbonyl (C=O) groups is 2. The third-order valence-corrected chi connectivity index (χ3v) is 3.32. The zero-order chi connectivity index (χ0) is 16.8. The van der Waals surface area contributed by atoms with Gasteiger partial charge in [0.25, 0.3) is 0 Å². The molecule has 7 heteroatoms. The first-order valence-corrected chi connectivity index (χ1v) is 7.33. The Hall–Kier alpha value is -2.05. The fourth-order valence-corrected chi connectivity index (χ4v) is 1.84. The Morgan fingerprint density at radius 2 is 2.09 bits per heavy atom. The highest BCUT2D eigenvalue weighted by molar-refractivity contribution is 6.41. The number of nitrogens with one attached hydrogen (secondary N) is 2. The fraction of sp³-hybridized carbons (Fsp3) is 0.667. The maximum absolute atomic E-state index is 12.0. The molecule has 0 aromatic carbocycles. The van der Waals surface area contributed by atoms with E-state index >= 15 is 0 Å². The van der Waals surface area contributed by atoms with Gasteiger partial charge in [0.2, 0.25) is 5.79 Å². The number of alkyl carbamates (subject to hydrolysis) is 1. The molecule has 0 bridgehead atoms. The lowest BCUT2D eigenvalue weighted by atomic mass is 9.86. The summed E-state index contributed by atoms with van der Waals surface area (Å²) in [5.74, 6) is -1.75. The van der Waals surface area contributed by atoms with Crippen molar-refractivity contribution in [2.45, 2.75) is 46.3 Å². The minimum atomic E-state index is -1.19. The number of nitrogens with zero attached hydrogens (tertiary/aromatic N) is 1. The topological polar surface area (TPSA) is 89.0 Å². The molecule has 0 aromatic rings. The molecule has 7 nitrogen and oxygen atoms in total. The second kappa shape index (κ2) is 7.29. The van der Waals surface area contributed by atoms with Crippen LogP contribution < -0.4 is 10.6 Å². The van der Waals surface area contributed by atoms with Crippen LogP contribution in [0, 0.1) is 5.41 Å². The van der Waals surface area contributed by atoms with Gasteiger partial charge in [-0.25, -0.2) is 14.6 Å². The third-order valence-electron chi connectivity index (χ3n) is 3.32. The van der Waals surface area contributed by atoms with Crippen molar-refractivity contribution < 1.29 is 19.1 Å². The van der Waals surface area contributed by atoms with Gasteiger partial charge >= 0.3 is 12.1 Å². The van der Waals surface area contributed by atoms with E-state index in [1.165, 1.54) is 13.2 Å². The first kappa shape index (κ1) is 18.0. The highest BCUT2D eigenvalue weighted by Crippen LogP contribution is 2.31. The van der Waals surface area contributed by atoms with Gasteiger partial charge in [0.05, 0.1) is 13.7 Å². The van der Waals surface area contributed by atoms with Crippen molar-refractivity contribution in [2.24, 2.45) is 10.4 Å². The molecule has 124 valence electrons. The molecule has 1 rings (SSSR count). The number of rotatable bonds is 5. The summed E-state index contributed by atoms with van der Waals surface area (Å²) in [5.41, 5.74) is -0.383. The zero-order valence-electron chi connectivity index (χ0n) is 13.9. The molecule has 1 aliphatic rings. The number of hydrogen-bond acceptors (Lipinski definition) is 6. The molecule has 0 aromatic heterocycles. The van der Waals surface area contributed by atoms with Crippen molar-refractivity contribution >= 4 is 17.8 Å². The van der Waals surface area contributed by atoms with Gasteiger partial charge in [-0.3, -0.25) is 5.32 Å². The van der Waals surface area contributed by atoms with Crippen molar-refractivity contribution in [3.63, 3.8) is 0 Å². The summed E-state index contributed by atoms with van der Waals surface area (Å²) in [4.78, 5) is 28.1. The maximum atomic E-state index is 12.0. The number of unbranched alkanes of at least 4 members (excludes halogenated alkanes) is 1. The summed E-state index contributed by atoms with van der Waals surface area (Å²) >= 11 is 0. The number of aliphatic imine (C=N–C) groups is 1. The lowest BCUT2D eigenvalue weighted by molar-refractivity contribution is -0.132. The lowest BCUT2D eigenvalue weighted by Gasteiger charge is -2.43. The second-order valence-electron chi connectivity index (χ2n) is 6.04. The van der Waals surface area contributed by atoms with Crippen molar-refractivity contribution in [1.29, 1.82) is 0 Å². The number of methoxy groups -OCH3 is 1. The average molecular weight is 311 g/mol. The van der Waals surface area contributed by atoms with Crippen LogP contribution in [-0.2, 0) is 14.3 Å². The lowest BCUT2D eigenvalue weighted by Crippen LogP contribution is -2.65. The predicted octanol–water partition coefficient (Wildman–Crippen LogP) is 1.94. The van der Waals surface area contributed by atoms with Crippen LogP contribution in [0.4, 0.5) is 4.79 Å².